The minimum absolute atomic E-state index is 0.00904. The molecule has 1 aliphatic rings. The third-order valence-corrected chi connectivity index (χ3v) is 6.58. The van der Waals surface area contributed by atoms with Gasteiger partial charge in [-0.15, -0.1) is 0 Å². The molecule has 1 amide bonds. The van der Waals surface area contributed by atoms with Gasteiger partial charge in [-0.1, -0.05) is 30.3 Å². The fourth-order valence-electron chi connectivity index (χ4n) is 4.50. The predicted molar refractivity (Wildman–Crippen MR) is 136 cm³/mol. The number of halogens is 1. The highest BCUT2D eigenvalue weighted by atomic mass is 19.1. The Bertz CT molecular complexity index is 1330. The van der Waals surface area contributed by atoms with Crippen LogP contribution in [0.5, 0.6) is 0 Å². The fourth-order valence-corrected chi connectivity index (χ4v) is 4.50. The van der Waals surface area contributed by atoms with Crippen molar-refractivity contribution in [2.45, 2.75) is 38.6 Å². The van der Waals surface area contributed by atoms with Gasteiger partial charge in [0.2, 0.25) is 11.9 Å². The lowest BCUT2D eigenvalue weighted by Gasteiger charge is -2.29. The summed E-state index contributed by atoms with van der Waals surface area (Å²) in [5.74, 6) is 1.46. The molecule has 1 N–H and O–H groups in total. The average molecular weight is 486 g/mol. The molecule has 36 heavy (non-hydrogen) atoms. The van der Waals surface area contributed by atoms with Crippen LogP contribution in [-0.2, 0) is 4.79 Å². The molecule has 5 rings (SSSR count). The number of rotatable bonds is 6. The van der Waals surface area contributed by atoms with Crippen LogP contribution in [0.25, 0.3) is 22.7 Å². The molecule has 7 nitrogen and oxygen atoms in total. The van der Waals surface area contributed by atoms with Crippen molar-refractivity contribution in [1.82, 2.24) is 19.9 Å². The summed E-state index contributed by atoms with van der Waals surface area (Å²) in [6.45, 7) is 4.98. The van der Waals surface area contributed by atoms with Gasteiger partial charge in [-0.2, -0.15) is 0 Å². The molecule has 0 spiro atoms. The maximum absolute atomic E-state index is 13.6. The highest BCUT2D eigenvalue weighted by Gasteiger charge is 2.28. The zero-order chi connectivity index (χ0) is 25.1. The minimum atomic E-state index is -0.316. The van der Waals surface area contributed by atoms with E-state index < -0.39 is 0 Å². The van der Waals surface area contributed by atoms with Crippen molar-refractivity contribution >= 4 is 11.9 Å². The second kappa shape index (κ2) is 10.3. The molecule has 8 heteroatoms. The van der Waals surface area contributed by atoms with Crippen LogP contribution in [-0.4, -0.2) is 38.8 Å². The number of amides is 1. The molecule has 1 fully saturated rings. The van der Waals surface area contributed by atoms with Crippen molar-refractivity contribution in [3.63, 3.8) is 0 Å². The predicted octanol–water partition coefficient (Wildman–Crippen LogP) is 5.84. The van der Waals surface area contributed by atoms with E-state index in [9.17, 15) is 9.18 Å². The van der Waals surface area contributed by atoms with Gasteiger partial charge in [0.25, 0.3) is 0 Å². The zero-order valence-corrected chi connectivity index (χ0v) is 20.3. The molecule has 1 aliphatic heterocycles. The number of carbonyl (C=O) groups is 1. The average Bonchev–Trinajstić information content (AvgIpc) is 3.35. The topological polar surface area (TPSA) is 84.2 Å². The van der Waals surface area contributed by atoms with Crippen LogP contribution in [0.2, 0.25) is 0 Å². The summed E-state index contributed by atoms with van der Waals surface area (Å²) in [4.78, 5) is 27.5. The van der Waals surface area contributed by atoms with Gasteiger partial charge in [0.1, 0.15) is 17.2 Å². The van der Waals surface area contributed by atoms with E-state index in [4.69, 9.17) is 14.4 Å². The number of hydrogen-bond donors (Lipinski definition) is 1. The SMILES string of the molecule is CC(=O)N1CCC(c2nc(-c3ccc(F)cc3)c(-c3ccnc(N[C@@H](C)c4ccccc4)n3)o2)CC1. The van der Waals surface area contributed by atoms with Gasteiger partial charge in [-0.05, 0) is 55.7 Å². The Morgan fingerprint density at radius 1 is 1.06 bits per heavy atom. The van der Waals surface area contributed by atoms with Crippen molar-refractivity contribution in [2.75, 3.05) is 18.4 Å². The zero-order valence-electron chi connectivity index (χ0n) is 20.3. The molecule has 1 saturated heterocycles. The molecule has 4 aromatic rings. The van der Waals surface area contributed by atoms with Crippen molar-refractivity contribution in [2.24, 2.45) is 0 Å². The molecule has 2 aromatic heterocycles. The Balaban J connectivity index is 1.47. The minimum Gasteiger partial charge on any atom is -0.438 e. The van der Waals surface area contributed by atoms with Crippen LogP contribution in [0.15, 0.2) is 71.3 Å². The van der Waals surface area contributed by atoms with Gasteiger partial charge in [0.15, 0.2) is 11.7 Å². The lowest BCUT2D eigenvalue weighted by atomic mass is 9.97. The van der Waals surface area contributed by atoms with Gasteiger partial charge in [-0.3, -0.25) is 4.79 Å². The number of oxazole rings is 1. The van der Waals surface area contributed by atoms with Crippen molar-refractivity contribution in [3.8, 4) is 22.7 Å². The largest absolute Gasteiger partial charge is 0.438 e. The summed E-state index contributed by atoms with van der Waals surface area (Å²) in [5.41, 5.74) is 3.07. The Morgan fingerprint density at radius 2 is 1.78 bits per heavy atom. The summed E-state index contributed by atoms with van der Waals surface area (Å²) in [5, 5.41) is 3.35. The van der Waals surface area contributed by atoms with Crippen LogP contribution < -0.4 is 5.32 Å². The number of benzene rings is 2. The van der Waals surface area contributed by atoms with Gasteiger partial charge >= 0.3 is 0 Å². The first-order valence-corrected chi connectivity index (χ1v) is 12.1. The van der Waals surface area contributed by atoms with Crippen molar-refractivity contribution in [1.29, 1.82) is 0 Å². The molecule has 0 radical (unpaired) electrons. The maximum Gasteiger partial charge on any atom is 0.223 e. The summed E-state index contributed by atoms with van der Waals surface area (Å²) in [6.07, 6.45) is 3.23. The number of anilines is 1. The summed E-state index contributed by atoms with van der Waals surface area (Å²) in [6, 6.07) is 18.1. The Hall–Kier alpha value is -4.07. The number of piperidine rings is 1. The third-order valence-electron chi connectivity index (χ3n) is 6.58. The van der Waals surface area contributed by atoms with Crippen LogP contribution in [0, 0.1) is 5.82 Å². The van der Waals surface area contributed by atoms with E-state index in [1.807, 2.05) is 35.2 Å². The van der Waals surface area contributed by atoms with E-state index in [0.29, 0.717) is 42.1 Å². The quantitative estimate of drug-likeness (QED) is 0.370. The van der Waals surface area contributed by atoms with Crippen LogP contribution >= 0.6 is 0 Å². The molecular weight excluding hydrogens is 457 g/mol. The summed E-state index contributed by atoms with van der Waals surface area (Å²) in [7, 11) is 0. The smallest absolute Gasteiger partial charge is 0.223 e. The van der Waals surface area contributed by atoms with Gasteiger partial charge in [-0.25, -0.2) is 19.3 Å². The monoisotopic (exact) mass is 485 g/mol. The van der Waals surface area contributed by atoms with Gasteiger partial charge < -0.3 is 14.6 Å². The fraction of sp³-hybridized carbons (Fsp3) is 0.286. The Morgan fingerprint density at radius 3 is 2.47 bits per heavy atom. The summed E-state index contributed by atoms with van der Waals surface area (Å²) >= 11 is 0. The first kappa shape index (κ1) is 23.7. The Labute approximate surface area is 209 Å². The number of hydrogen-bond acceptors (Lipinski definition) is 6. The first-order chi connectivity index (χ1) is 17.5. The lowest BCUT2D eigenvalue weighted by molar-refractivity contribution is -0.129. The number of nitrogens with zero attached hydrogens (tertiary/aromatic N) is 4. The highest BCUT2D eigenvalue weighted by Crippen LogP contribution is 2.37. The second-order valence-electron chi connectivity index (χ2n) is 9.06. The van der Waals surface area contributed by atoms with E-state index in [1.165, 1.54) is 12.1 Å². The molecular formula is C28H28FN5O2. The molecule has 0 unspecified atom stereocenters. The normalized spacial score (nSPS) is 15.0. The van der Waals surface area contributed by atoms with Crippen molar-refractivity contribution < 1.29 is 13.6 Å². The van der Waals surface area contributed by atoms with Gasteiger partial charge in [0.05, 0.1) is 6.04 Å². The lowest BCUT2D eigenvalue weighted by Crippen LogP contribution is -2.36. The van der Waals surface area contributed by atoms with Crippen LogP contribution in [0.1, 0.15) is 50.1 Å². The van der Waals surface area contributed by atoms with Crippen LogP contribution in [0.4, 0.5) is 10.3 Å². The standard InChI is InChI=1S/C28H28FN5O2/c1-18(20-6-4-3-5-7-20)31-28-30-15-12-24(32-28)26-25(21-8-10-23(29)11-9-21)33-27(36-26)22-13-16-34(17-14-22)19(2)35/h3-12,15,18,22H,13-14,16-17H2,1-2H3,(H,30,31,32)/t18-/m0/s1. The van der Waals surface area contributed by atoms with E-state index in [0.717, 1.165) is 24.0 Å². The van der Waals surface area contributed by atoms with E-state index in [2.05, 4.69) is 17.2 Å². The Kier molecular flexibility index (Phi) is 6.75. The second-order valence-corrected chi connectivity index (χ2v) is 9.06. The number of carbonyl (C=O) groups excluding carboxylic acids is 1. The number of nitrogens with one attached hydrogen (secondary N) is 1. The first-order valence-electron chi connectivity index (χ1n) is 12.1. The number of likely N-dealkylation sites (tertiary alicyclic amines) is 1. The van der Waals surface area contributed by atoms with Crippen molar-refractivity contribution in [3.05, 3.63) is 84.1 Å². The van der Waals surface area contributed by atoms with Gasteiger partial charge in [0, 0.05) is 37.7 Å². The number of aromatic nitrogens is 3. The maximum atomic E-state index is 13.6. The highest BCUT2D eigenvalue weighted by molar-refractivity contribution is 5.75. The summed E-state index contributed by atoms with van der Waals surface area (Å²) < 4.78 is 20.0. The molecule has 0 aliphatic carbocycles. The molecule has 2 aromatic carbocycles. The molecule has 184 valence electrons. The molecule has 0 saturated carbocycles. The van der Waals surface area contributed by atoms with E-state index >= 15 is 0 Å². The third kappa shape index (κ3) is 5.12. The van der Waals surface area contributed by atoms with E-state index in [-0.39, 0.29) is 23.7 Å². The molecule has 1 atom stereocenters. The molecule has 3 heterocycles. The van der Waals surface area contributed by atoms with E-state index in [1.54, 1.807) is 31.3 Å². The molecule has 0 bridgehead atoms. The van der Waals surface area contributed by atoms with Crippen LogP contribution in [0.3, 0.4) is 0 Å².